The van der Waals surface area contributed by atoms with Gasteiger partial charge in [0.05, 0.1) is 11.0 Å². The van der Waals surface area contributed by atoms with Gasteiger partial charge in [-0.05, 0) is 55.7 Å². The van der Waals surface area contributed by atoms with Crippen molar-refractivity contribution in [1.82, 2.24) is 14.5 Å². The van der Waals surface area contributed by atoms with E-state index in [1.54, 1.807) is 0 Å². The molecule has 0 bridgehead atoms. The minimum atomic E-state index is -0.554. The molecule has 3 aromatic rings. The maximum Gasteiger partial charge on any atom is 0.133 e. The van der Waals surface area contributed by atoms with Gasteiger partial charge in [0.1, 0.15) is 12.1 Å². The van der Waals surface area contributed by atoms with Crippen molar-refractivity contribution in [2.45, 2.75) is 32.4 Å². The number of halogens is 1. The average Bonchev–Trinajstić information content (AvgIpc) is 2.96. The van der Waals surface area contributed by atoms with E-state index in [4.69, 9.17) is 16.6 Å². The molecule has 1 saturated heterocycles. The first-order valence-electron chi connectivity index (χ1n) is 8.80. The van der Waals surface area contributed by atoms with Crippen molar-refractivity contribution in [3.05, 3.63) is 58.9 Å². The predicted octanol–water partition coefficient (Wildman–Crippen LogP) is 4.46. The van der Waals surface area contributed by atoms with Crippen molar-refractivity contribution in [2.24, 2.45) is 0 Å². The predicted molar refractivity (Wildman–Crippen MR) is 101 cm³/mol. The monoisotopic (exact) mass is 355 g/mol. The van der Waals surface area contributed by atoms with Gasteiger partial charge in [0.2, 0.25) is 0 Å². The molecule has 1 aliphatic heterocycles. The molecule has 4 nitrogen and oxygen atoms in total. The molecule has 2 heterocycles. The highest BCUT2D eigenvalue weighted by Crippen LogP contribution is 2.28. The van der Waals surface area contributed by atoms with E-state index in [0.29, 0.717) is 5.02 Å². The highest BCUT2D eigenvalue weighted by atomic mass is 35.5. The number of hydrogen-bond acceptors (Lipinski definition) is 3. The molecule has 25 heavy (non-hydrogen) atoms. The Morgan fingerprint density at radius 3 is 2.64 bits per heavy atom. The molecule has 5 heteroatoms. The third kappa shape index (κ3) is 3.17. The fraction of sp³-hybridized carbons (Fsp3) is 0.350. The molecule has 0 aliphatic carbocycles. The first-order valence-corrected chi connectivity index (χ1v) is 9.18. The molecular formula is C20H22ClN3O. The third-order valence-corrected chi connectivity index (χ3v) is 5.18. The summed E-state index contributed by atoms with van der Waals surface area (Å²) in [6.45, 7) is 3.89. The number of aromatic nitrogens is 2. The first kappa shape index (κ1) is 16.6. The van der Waals surface area contributed by atoms with Gasteiger partial charge in [-0.25, -0.2) is 4.98 Å². The fourth-order valence-electron chi connectivity index (χ4n) is 3.69. The van der Waals surface area contributed by atoms with Gasteiger partial charge < -0.3 is 5.11 Å². The molecule has 1 unspecified atom stereocenters. The second kappa shape index (κ2) is 6.79. The van der Waals surface area contributed by atoms with E-state index in [0.717, 1.165) is 54.0 Å². The van der Waals surface area contributed by atoms with Gasteiger partial charge in [0.25, 0.3) is 0 Å². The fourth-order valence-corrected chi connectivity index (χ4v) is 3.88. The molecular weight excluding hydrogens is 334 g/mol. The van der Waals surface area contributed by atoms with Crippen LogP contribution in [-0.4, -0.2) is 32.6 Å². The molecule has 0 saturated carbocycles. The number of fused-ring (bicyclic) bond motifs is 1. The van der Waals surface area contributed by atoms with E-state index < -0.39 is 6.23 Å². The number of likely N-dealkylation sites (tertiary alicyclic amines) is 1. The van der Waals surface area contributed by atoms with Gasteiger partial charge in [-0.2, -0.15) is 0 Å². The zero-order chi connectivity index (χ0) is 17.4. The van der Waals surface area contributed by atoms with Gasteiger partial charge in [0, 0.05) is 23.8 Å². The summed E-state index contributed by atoms with van der Waals surface area (Å²) in [5, 5.41) is 11.4. The van der Waals surface area contributed by atoms with Gasteiger partial charge in [-0.1, -0.05) is 30.2 Å². The third-order valence-electron chi connectivity index (χ3n) is 4.95. The first-order chi connectivity index (χ1) is 12.1. The summed E-state index contributed by atoms with van der Waals surface area (Å²) in [5.74, 6) is 0.905. The average molecular weight is 356 g/mol. The van der Waals surface area contributed by atoms with E-state index in [-0.39, 0.29) is 0 Å². The van der Waals surface area contributed by atoms with Crippen molar-refractivity contribution >= 4 is 22.6 Å². The van der Waals surface area contributed by atoms with E-state index in [9.17, 15) is 5.11 Å². The number of nitrogens with zero attached hydrogens (tertiary/aromatic N) is 3. The van der Waals surface area contributed by atoms with Crippen LogP contribution in [0.1, 0.15) is 36.9 Å². The number of benzene rings is 2. The summed E-state index contributed by atoms with van der Waals surface area (Å²) < 4.78 is 2.10. The van der Waals surface area contributed by atoms with Gasteiger partial charge in [-0.3, -0.25) is 9.47 Å². The van der Waals surface area contributed by atoms with Crippen LogP contribution in [0.3, 0.4) is 0 Å². The molecule has 0 amide bonds. The van der Waals surface area contributed by atoms with E-state index in [1.807, 2.05) is 49.4 Å². The van der Waals surface area contributed by atoms with Crippen LogP contribution in [0, 0.1) is 6.92 Å². The molecule has 1 fully saturated rings. The lowest BCUT2D eigenvalue weighted by molar-refractivity contribution is -0.00974. The zero-order valence-corrected chi connectivity index (χ0v) is 15.1. The molecule has 0 spiro atoms. The van der Waals surface area contributed by atoms with Gasteiger partial charge in [0.15, 0.2) is 0 Å². The number of hydrogen-bond donors (Lipinski definition) is 1. The summed E-state index contributed by atoms with van der Waals surface area (Å²) in [7, 11) is 0. The maximum absolute atomic E-state index is 10.7. The molecule has 1 N–H and O–H groups in total. The minimum absolute atomic E-state index is 0.554. The van der Waals surface area contributed by atoms with Crippen LogP contribution in [0.4, 0.5) is 0 Å². The van der Waals surface area contributed by atoms with Crippen molar-refractivity contribution in [2.75, 3.05) is 13.1 Å². The summed E-state index contributed by atoms with van der Waals surface area (Å²) in [6.07, 6.45) is 3.01. The Kier molecular flexibility index (Phi) is 4.50. The van der Waals surface area contributed by atoms with Crippen LogP contribution >= 0.6 is 11.6 Å². The Labute approximate surface area is 152 Å². The lowest BCUT2D eigenvalue weighted by Crippen LogP contribution is -2.33. The second-order valence-electron chi connectivity index (χ2n) is 6.69. The molecule has 2 aromatic carbocycles. The zero-order valence-electron chi connectivity index (χ0n) is 14.3. The summed E-state index contributed by atoms with van der Waals surface area (Å²) >= 11 is 6.15. The van der Waals surface area contributed by atoms with Gasteiger partial charge >= 0.3 is 0 Å². The smallest absolute Gasteiger partial charge is 0.133 e. The standard InChI is InChI=1S/C20H22ClN3O/c1-14-22-18-12-15(20(25)23-10-3-2-4-11-23)8-9-19(18)24(14)17-7-5-6-16(21)13-17/h5-9,12-13,20,25H,2-4,10-11H2,1H3. The number of aliphatic hydroxyl groups is 1. The molecule has 4 rings (SSSR count). The number of aryl methyl sites for hydroxylation is 1. The Bertz CT molecular complexity index is 899. The Hall–Kier alpha value is -1.88. The van der Waals surface area contributed by atoms with Crippen LogP contribution in [0.5, 0.6) is 0 Å². The summed E-state index contributed by atoms with van der Waals surface area (Å²) in [6, 6.07) is 13.8. The Morgan fingerprint density at radius 1 is 1.08 bits per heavy atom. The topological polar surface area (TPSA) is 41.3 Å². The van der Waals surface area contributed by atoms with Crippen LogP contribution in [0.15, 0.2) is 42.5 Å². The molecule has 1 atom stereocenters. The maximum atomic E-state index is 10.7. The second-order valence-corrected chi connectivity index (χ2v) is 7.13. The van der Waals surface area contributed by atoms with Crippen LogP contribution in [-0.2, 0) is 0 Å². The largest absolute Gasteiger partial charge is 0.374 e. The highest BCUT2D eigenvalue weighted by Gasteiger charge is 2.21. The summed E-state index contributed by atoms with van der Waals surface area (Å²) in [4.78, 5) is 6.84. The SMILES string of the molecule is Cc1nc2cc(C(O)N3CCCCC3)ccc2n1-c1cccc(Cl)c1. The quantitative estimate of drug-likeness (QED) is 0.754. The van der Waals surface area contributed by atoms with Crippen molar-refractivity contribution in [3.63, 3.8) is 0 Å². The highest BCUT2D eigenvalue weighted by molar-refractivity contribution is 6.30. The summed E-state index contributed by atoms with van der Waals surface area (Å²) in [5.41, 5.74) is 3.82. The lowest BCUT2D eigenvalue weighted by Gasteiger charge is -2.31. The Morgan fingerprint density at radius 2 is 1.88 bits per heavy atom. The van der Waals surface area contributed by atoms with Crippen molar-refractivity contribution in [1.29, 1.82) is 0 Å². The number of rotatable bonds is 3. The van der Waals surface area contributed by atoms with Crippen LogP contribution < -0.4 is 0 Å². The normalized spacial score (nSPS) is 17.1. The van der Waals surface area contributed by atoms with Crippen molar-refractivity contribution < 1.29 is 5.11 Å². The van der Waals surface area contributed by atoms with Crippen LogP contribution in [0.25, 0.3) is 16.7 Å². The minimum Gasteiger partial charge on any atom is -0.374 e. The number of aliphatic hydroxyl groups excluding tert-OH is 1. The van der Waals surface area contributed by atoms with Gasteiger partial charge in [-0.15, -0.1) is 0 Å². The molecule has 0 radical (unpaired) electrons. The number of piperidine rings is 1. The lowest BCUT2D eigenvalue weighted by atomic mass is 10.1. The van der Waals surface area contributed by atoms with E-state index in [1.165, 1.54) is 6.42 Å². The number of imidazole rings is 1. The molecule has 130 valence electrons. The van der Waals surface area contributed by atoms with E-state index in [2.05, 4.69) is 9.47 Å². The Balaban J connectivity index is 1.73. The van der Waals surface area contributed by atoms with E-state index >= 15 is 0 Å². The molecule has 1 aliphatic rings. The van der Waals surface area contributed by atoms with Crippen LogP contribution in [0.2, 0.25) is 5.02 Å². The molecule has 1 aromatic heterocycles. The van der Waals surface area contributed by atoms with Crippen molar-refractivity contribution in [3.8, 4) is 5.69 Å².